The Balaban J connectivity index is 1.98. The van der Waals surface area contributed by atoms with Gasteiger partial charge >= 0.3 is 0 Å². The molecule has 0 fully saturated rings. The number of benzene rings is 2. The Bertz CT molecular complexity index is 639. The van der Waals surface area contributed by atoms with Crippen LogP contribution in [-0.2, 0) is 6.54 Å². The predicted octanol–water partition coefficient (Wildman–Crippen LogP) is 1.96. The first kappa shape index (κ1) is 14.0. The zero-order valence-corrected chi connectivity index (χ0v) is 11.5. The first-order valence-corrected chi connectivity index (χ1v) is 6.43. The van der Waals surface area contributed by atoms with E-state index in [1.165, 1.54) is 12.1 Å². The van der Waals surface area contributed by atoms with Gasteiger partial charge in [0.25, 0.3) is 5.91 Å². The summed E-state index contributed by atoms with van der Waals surface area (Å²) in [5.41, 5.74) is 7.67. The van der Waals surface area contributed by atoms with Gasteiger partial charge in [0.15, 0.2) is 0 Å². The Morgan fingerprint density at radius 2 is 1.85 bits per heavy atom. The van der Waals surface area contributed by atoms with Gasteiger partial charge in [-0.05, 0) is 23.8 Å². The Hall–Kier alpha value is -2.40. The van der Waals surface area contributed by atoms with E-state index in [1.54, 1.807) is 12.1 Å². The second-order valence-corrected chi connectivity index (χ2v) is 4.73. The highest BCUT2D eigenvalue weighted by atomic mass is 32.1. The molecule has 0 aromatic heterocycles. The SMILES string of the molecule is NC(=S)c1ccc(CNC(=O)c2cccc(O)c2)cc1. The smallest absolute Gasteiger partial charge is 0.251 e. The molecule has 0 spiro atoms. The molecule has 1 amide bonds. The lowest BCUT2D eigenvalue weighted by Gasteiger charge is -2.06. The molecule has 102 valence electrons. The Morgan fingerprint density at radius 1 is 1.15 bits per heavy atom. The Morgan fingerprint density at radius 3 is 2.45 bits per heavy atom. The van der Waals surface area contributed by atoms with Crippen molar-refractivity contribution in [3.63, 3.8) is 0 Å². The van der Waals surface area contributed by atoms with Crippen LogP contribution in [0.25, 0.3) is 0 Å². The molecule has 5 heteroatoms. The molecule has 0 bridgehead atoms. The number of hydrogen-bond donors (Lipinski definition) is 3. The number of hydrogen-bond acceptors (Lipinski definition) is 3. The van der Waals surface area contributed by atoms with Crippen molar-refractivity contribution in [1.82, 2.24) is 5.32 Å². The fourth-order valence-electron chi connectivity index (χ4n) is 1.72. The van der Waals surface area contributed by atoms with Crippen LogP contribution < -0.4 is 11.1 Å². The number of phenolic OH excluding ortho intramolecular Hbond substituents is 1. The van der Waals surface area contributed by atoms with Crippen LogP contribution in [0, 0.1) is 0 Å². The zero-order valence-electron chi connectivity index (χ0n) is 10.7. The highest BCUT2D eigenvalue weighted by Crippen LogP contribution is 2.11. The van der Waals surface area contributed by atoms with E-state index >= 15 is 0 Å². The van der Waals surface area contributed by atoms with Crippen molar-refractivity contribution in [3.8, 4) is 5.75 Å². The predicted molar refractivity (Wildman–Crippen MR) is 81.6 cm³/mol. The summed E-state index contributed by atoms with van der Waals surface area (Å²) in [7, 11) is 0. The lowest BCUT2D eigenvalue weighted by atomic mass is 10.1. The van der Waals surface area contributed by atoms with E-state index in [-0.39, 0.29) is 11.7 Å². The monoisotopic (exact) mass is 286 g/mol. The number of carbonyl (C=O) groups excluding carboxylic acids is 1. The summed E-state index contributed by atoms with van der Waals surface area (Å²) in [6, 6.07) is 13.6. The van der Waals surface area contributed by atoms with Gasteiger partial charge < -0.3 is 16.2 Å². The average molecular weight is 286 g/mol. The highest BCUT2D eigenvalue weighted by molar-refractivity contribution is 7.80. The van der Waals surface area contributed by atoms with E-state index in [0.29, 0.717) is 17.1 Å². The highest BCUT2D eigenvalue weighted by Gasteiger charge is 2.05. The number of carbonyl (C=O) groups is 1. The third-order valence-corrected chi connectivity index (χ3v) is 3.04. The topological polar surface area (TPSA) is 75.3 Å². The van der Waals surface area contributed by atoms with Crippen LogP contribution in [0.4, 0.5) is 0 Å². The molecule has 0 saturated heterocycles. The van der Waals surface area contributed by atoms with Crippen molar-refractivity contribution in [1.29, 1.82) is 0 Å². The Kier molecular flexibility index (Phi) is 4.32. The van der Waals surface area contributed by atoms with Crippen LogP contribution in [0.1, 0.15) is 21.5 Å². The van der Waals surface area contributed by atoms with E-state index in [9.17, 15) is 9.90 Å². The zero-order chi connectivity index (χ0) is 14.5. The maximum Gasteiger partial charge on any atom is 0.251 e. The fraction of sp³-hybridized carbons (Fsp3) is 0.0667. The summed E-state index contributed by atoms with van der Waals surface area (Å²) < 4.78 is 0. The van der Waals surface area contributed by atoms with Crippen LogP contribution in [0.15, 0.2) is 48.5 Å². The number of aromatic hydroxyl groups is 1. The number of nitrogens with two attached hydrogens (primary N) is 1. The molecule has 0 radical (unpaired) electrons. The average Bonchev–Trinajstić information content (AvgIpc) is 2.45. The molecule has 0 aliphatic heterocycles. The lowest BCUT2D eigenvalue weighted by molar-refractivity contribution is 0.0950. The maximum atomic E-state index is 11.9. The first-order valence-electron chi connectivity index (χ1n) is 6.02. The minimum Gasteiger partial charge on any atom is -0.508 e. The van der Waals surface area contributed by atoms with Crippen molar-refractivity contribution in [2.45, 2.75) is 6.54 Å². The van der Waals surface area contributed by atoms with Crippen molar-refractivity contribution >= 4 is 23.1 Å². The van der Waals surface area contributed by atoms with Crippen LogP contribution >= 0.6 is 12.2 Å². The molecule has 2 aromatic carbocycles. The fourth-order valence-corrected chi connectivity index (χ4v) is 1.85. The molecule has 2 rings (SSSR count). The van der Waals surface area contributed by atoms with Crippen molar-refractivity contribution in [3.05, 3.63) is 65.2 Å². The van der Waals surface area contributed by atoms with Gasteiger partial charge in [-0.1, -0.05) is 42.5 Å². The number of thiocarbonyl (C=S) groups is 1. The molecule has 0 saturated carbocycles. The lowest BCUT2D eigenvalue weighted by Crippen LogP contribution is -2.22. The Labute approximate surface area is 122 Å². The largest absolute Gasteiger partial charge is 0.508 e. The summed E-state index contributed by atoms with van der Waals surface area (Å²) in [5.74, 6) is -0.169. The minimum atomic E-state index is -0.237. The molecule has 0 aliphatic carbocycles. The molecule has 0 aliphatic rings. The van der Waals surface area contributed by atoms with Gasteiger partial charge in [-0.15, -0.1) is 0 Å². The quantitative estimate of drug-likeness (QED) is 0.751. The maximum absolute atomic E-state index is 11.9. The molecule has 0 atom stereocenters. The molecule has 0 heterocycles. The van der Waals surface area contributed by atoms with Gasteiger partial charge in [0.1, 0.15) is 10.7 Å². The second-order valence-electron chi connectivity index (χ2n) is 4.29. The van der Waals surface area contributed by atoms with Crippen LogP contribution in [0.3, 0.4) is 0 Å². The van der Waals surface area contributed by atoms with Crippen LogP contribution in [0.2, 0.25) is 0 Å². The molecular weight excluding hydrogens is 272 g/mol. The number of amides is 1. The van der Waals surface area contributed by atoms with Gasteiger partial charge in [0.05, 0.1) is 0 Å². The van der Waals surface area contributed by atoms with E-state index in [2.05, 4.69) is 5.32 Å². The van der Waals surface area contributed by atoms with Gasteiger partial charge in [-0.2, -0.15) is 0 Å². The number of nitrogens with one attached hydrogen (secondary N) is 1. The third-order valence-electron chi connectivity index (χ3n) is 2.80. The van der Waals surface area contributed by atoms with E-state index in [0.717, 1.165) is 11.1 Å². The molecule has 4 nitrogen and oxygen atoms in total. The van der Waals surface area contributed by atoms with Crippen molar-refractivity contribution < 1.29 is 9.90 Å². The van der Waals surface area contributed by atoms with Crippen LogP contribution in [-0.4, -0.2) is 16.0 Å². The standard InChI is InChI=1S/C15H14N2O2S/c16-14(20)11-6-4-10(5-7-11)9-17-15(19)12-2-1-3-13(18)8-12/h1-8,18H,9H2,(H2,16,20)(H,17,19). The van der Waals surface area contributed by atoms with Crippen LogP contribution in [0.5, 0.6) is 5.75 Å². The molecule has 0 unspecified atom stereocenters. The summed E-state index contributed by atoms with van der Waals surface area (Å²) in [5, 5.41) is 12.1. The third kappa shape index (κ3) is 3.55. The molecular formula is C15H14N2O2S. The summed E-state index contributed by atoms with van der Waals surface area (Å²) >= 11 is 4.87. The summed E-state index contributed by atoms with van der Waals surface area (Å²) in [6.07, 6.45) is 0. The molecule has 2 aromatic rings. The van der Waals surface area contributed by atoms with Crippen molar-refractivity contribution in [2.24, 2.45) is 5.73 Å². The molecule has 4 N–H and O–H groups in total. The van der Waals surface area contributed by atoms with Gasteiger partial charge in [-0.25, -0.2) is 0 Å². The van der Waals surface area contributed by atoms with E-state index < -0.39 is 0 Å². The van der Waals surface area contributed by atoms with Gasteiger partial charge in [-0.3, -0.25) is 4.79 Å². The normalized spacial score (nSPS) is 10.0. The van der Waals surface area contributed by atoms with E-state index in [1.807, 2.05) is 24.3 Å². The van der Waals surface area contributed by atoms with Gasteiger partial charge in [0.2, 0.25) is 0 Å². The minimum absolute atomic E-state index is 0.0680. The second kappa shape index (κ2) is 6.16. The number of rotatable bonds is 4. The first-order chi connectivity index (χ1) is 9.56. The summed E-state index contributed by atoms with van der Waals surface area (Å²) in [6.45, 7) is 0.395. The number of phenols is 1. The molecule has 20 heavy (non-hydrogen) atoms. The summed E-state index contributed by atoms with van der Waals surface area (Å²) in [4.78, 5) is 12.2. The van der Waals surface area contributed by atoms with Gasteiger partial charge in [0, 0.05) is 17.7 Å². The van der Waals surface area contributed by atoms with Crippen molar-refractivity contribution in [2.75, 3.05) is 0 Å². The van der Waals surface area contributed by atoms with E-state index in [4.69, 9.17) is 18.0 Å².